The molecule has 0 aliphatic rings. The third-order valence-corrected chi connectivity index (χ3v) is 0. The molecule has 0 amide bonds. The average Bonchev–Trinajstić information content (AvgIpc) is 1.76. The van der Waals surface area contributed by atoms with Crippen molar-refractivity contribution in [2.75, 3.05) is 0 Å². The van der Waals surface area contributed by atoms with Gasteiger partial charge in [0, 0.05) is 52.1 Å². The topological polar surface area (TPSA) is 277 Å². The minimum absolute atomic E-state index is 0. The van der Waals surface area contributed by atoms with Gasteiger partial charge < -0.3 is 60.3 Å². The minimum atomic E-state index is -2.92. The molecule has 0 bridgehead atoms. The molecule has 0 aromatic carbocycles. The third kappa shape index (κ3) is 786. The maximum atomic E-state index is 8.42. The number of hydrogen-bond acceptors (Lipinski definition) is 12. The molecular formula is Al3B4O12Zr3. The van der Waals surface area contributed by atoms with Gasteiger partial charge in [-0.25, -0.2) is 0 Å². The second kappa shape index (κ2) is 56.2. The zero-order valence-electron chi connectivity index (χ0n) is 10.4. The molecule has 0 aliphatic carbocycles. The Morgan fingerprint density at radius 3 is 0.273 bits per heavy atom. The molecule has 12 nitrogen and oxygen atoms in total. The molecule has 0 heterocycles. The smallest absolute Gasteiger partial charge is 0.907 e. The summed E-state index contributed by atoms with van der Waals surface area (Å²) in [5.74, 6) is 0. The number of rotatable bonds is 0. The fraction of sp³-hybridized carbons (Fsp3) is 0. The van der Waals surface area contributed by atoms with E-state index in [4.69, 9.17) is 60.3 Å². The van der Waals surface area contributed by atoms with E-state index in [9.17, 15) is 0 Å². The van der Waals surface area contributed by atoms with Gasteiger partial charge in [-0.3, -0.25) is 29.3 Å². The molecule has 0 unspecified atom stereocenters. The van der Waals surface area contributed by atoms with Crippen molar-refractivity contribution in [2.45, 2.75) is 0 Å². The first kappa shape index (κ1) is 63.5. The van der Waals surface area contributed by atoms with E-state index < -0.39 is 29.3 Å². The monoisotopic (exact) mass is 587 g/mol. The van der Waals surface area contributed by atoms with Gasteiger partial charge in [0.05, 0.1) is 0 Å². The van der Waals surface area contributed by atoms with Crippen LogP contribution in [0.15, 0.2) is 0 Å². The summed E-state index contributed by atoms with van der Waals surface area (Å²) in [6, 6.07) is 0. The molecule has 0 saturated heterocycles. The summed E-state index contributed by atoms with van der Waals surface area (Å²) in [4.78, 5) is 0. The van der Waals surface area contributed by atoms with Crippen molar-refractivity contribution >= 4 is 81.4 Å². The minimum Gasteiger partial charge on any atom is -0.907 e. The van der Waals surface area contributed by atoms with E-state index >= 15 is 0 Å². The fourth-order valence-corrected chi connectivity index (χ4v) is 0. The second-order valence-corrected chi connectivity index (χ2v) is 1.15. The standard InChI is InChI=1S/3Al.4BO3.3Zr/c;;;4*2-1(3)4;;;/q;;;4*-3;3*+4. The van der Waals surface area contributed by atoms with Crippen LogP contribution in [0, 0.1) is 0 Å². The van der Waals surface area contributed by atoms with Crippen LogP contribution in [0.3, 0.4) is 0 Å². The quantitative estimate of drug-likeness (QED) is 0.238. The van der Waals surface area contributed by atoms with Crippen LogP contribution in [0.2, 0.25) is 0 Å². The van der Waals surface area contributed by atoms with Gasteiger partial charge in [-0.15, -0.1) is 0 Å². The van der Waals surface area contributed by atoms with Crippen LogP contribution in [-0.4, -0.2) is 81.4 Å². The maximum absolute atomic E-state index is 8.42. The van der Waals surface area contributed by atoms with Crippen LogP contribution in [0.25, 0.3) is 0 Å². The molecule has 0 saturated carbocycles. The Bertz CT molecular complexity index is 80.6. The van der Waals surface area contributed by atoms with Gasteiger partial charge in [-0.1, -0.05) is 0 Å². The van der Waals surface area contributed by atoms with Crippen LogP contribution in [0.5, 0.6) is 0 Å². The summed E-state index contributed by atoms with van der Waals surface area (Å²) >= 11 is 0. The van der Waals surface area contributed by atoms with Gasteiger partial charge in [0.1, 0.15) is 0 Å². The van der Waals surface area contributed by atoms with E-state index in [1.807, 2.05) is 0 Å². The first-order valence-corrected chi connectivity index (χ1v) is 2.83. The molecule has 0 N–H and O–H groups in total. The van der Waals surface area contributed by atoms with Gasteiger partial charge >= 0.3 is 78.6 Å². The Balaban J connectivity index is -0.00000001000. The second-order valence-electron chi connectivity index (χ2n) is 1.15. The van der Waals surface area contributed by atoms with Gasteiger partial charge in [0.15, 0.2) is 0 Å². The fourth-order valence-electron chi connectivity index (χ4n) is 0. The molecule has 0 atom stereocenters. The molecule has 0 spiro atoms. The van der Waals surface area contributed by atoms with Crippen molar-refractivity contribution < 1.29 is 139 Å². The largest absolute Gasteiger partial charge is 4.00 e. The van der Waals surface area contributed by atoms with E-state index in [0.29, 0.717) is 0 Å². The van der Waals surface area contributed by atoms with Crippen molar-refractivity contribution in [3.05, 3.63) is 0 Å². The third-order valence-electron chi connectivity index (χ3n) is 0. The van der Waals surface area contributed by atoms with Crippen molar-refractivity contribution in [3.8, 4) is 0 Å². The number of hydrogen-bond donors (Lipinski definition) is 0. The molecule has 105 valence electrons. The first-order chi connectivity index (χ1) is 6.93. The van der Waals surface area contributed by atoms with Gasteiger partial charge in [0.2, 0.25) is 0 Å². The van der Waals surface area contributed by atoms with Crippen molar-refractivity contribution in [3.63, 3.8) is 0 Å². The molecule has 0 aromatic heterocycles. The Hall–Kier alpha value is 4.03. The van der Waals surface area contributed by atoms with Crippen LogP contribution < -0.4 is 60.3 Å². The van der Waals surface area contributed by atoms with Gasteiger partial charge in [-0.2, -0.15) is 0 Å². The molecule has 0 aliphatic heterocycles. The molecule has 0 rings (SSSR count). The SMILES string of the molecule is [Al].[Al].[Al].[O-]B([O-])[O-].[O-]B([O-])[O-].[O-]B([O-])[O-].[O-]B([O-])[O-].[Zr+4].[Zr+4].[Zr+4]. The summed E-state index contributed by atoms with van der Waals surface area (Å²) in [6.07, 6.45) is 0. The molecule has 9 radical (unpaired) electrons. The summed E-state index contributed by atoms with van der Waals surface area (Å²) in [5, 5.41) is 101. The van der Waals surface area contributed by atoms with Crippen molar-refractivity contribution in [2.24, 2.45) is 0 Å². The Morgan fingerprint density at radius 1 is 0.273 bits per heavy atom. The zero-order valence-corrected chi connectivity index (χ0v) is 21.3. The molecule has 0 fully saturated rings. The van der Waals surface area contributed by atoms with E-state index in [-0.39, 0.29) is 131 Å². The summed E-state index contributed by atoms with van der Waals surface area (Å²) in [6.45, 7) is 0. The average molecular weight is 590 g/mol. The van der Waals surface area contributed by atoms with Gasteiger partial charge in [-0.05, 0) is 0 Å². The molecular weight excluding hydrogens is 590 g/mol. The summed E-state index contributed by atoms with van der Waals surface area (Å²) in [7, 11) is -11.7. The van der Waals surface area contributed by atoms with Crippen LogP contribution in [0.4, 0.5) is 0 Å². The van der Waals surface area contributed by atoms with E-state index in [0.717, 1.165) is 0 Å². The summed E-state index contributed by atoms with van der Waals surface area (Å²) in [5.41, 5.74) is 0. The predicted molar refractivity (Wildman–Crippen MR) is 40.3 cm³/mol. The predicted octanol–water partition coefficient (Wildman–Crippen LogP) is -16.9. The first-order valence-electron chi connectivity index (χ1n) is 2.83. The maximum Gasteiger partial charge on any atom is 4.00 e. The molecule has 22 heavy (non-hydrogen) atoms. The normalized spacial score (nSPS) is 4.91. The van der Waals surface area contributed by atoms with Crippen molar-refractivity contribution in [1.29, 1.82) is 0 Å². The Kier molecular flexibility index (Phi) is 162. The Morgan fingerprint density at radius 2 is 0.273 bits per heavy atom. The molecule has 0 aromatic rings. The van der Waals surface area contributed by atoms with Gasteiger partial charge in [0.25, 0.3) is 0 Å². The summed E-state index contributed by atoms with van der Waals surface area (Å²) < 4.78 is 0. The van der Waals surface area contributed by atoms with Crippen LogP contribution >= 0.6 is 0 Å². The van der Waals surface area contributed by atoms with E-state index in [1.54, 1.807) is 0 Å². The zero-order chi connectivity index (χ0) is 14.3. The van der Waals surface area contributed by atoms with Crippen LogP contribution in [0.1, 0.15) is 0 Å². The van der Waals surface area contributed by atoms with Crippen molar-refractivity contribution in [1.82, 2.24) is 0 Å². The Labute approximate surface area is 217 Å². The van der Waals surface area contributed by atoms with E-state index in [1.165, 1.54) is 0 Å². The van der Waals surface area contributed by atoms with E-state index in [2.05, 4.69) is 0 Å². The van der Waals surface area contributed by atoms with Crippen LogP contribution in [-0.2, 0) is 78.6 Å². The molecule has 22 heteroatoms.